The third-order valence-corrected chi connectivity index (χ3v) is 2.66. The molecule has 2 rings (SSSR count). The van der Waals surface area contributed by atoms with E-state index in [2.05, 4.69) is 10.3 Å². The van der Waals surface area contributed by atoms with Crippen LogP contribution in [0.25, 0.3) is 0 Å². The van der Waals surface area contributed by atoms with Gasteiger partial charge in [0.15, 0.2) is 5.92 Å². The predicted molar refractivity (Wildman–Crippen MR) is 72.4 cm³/mol. The van der Waals surface area contributed by atoms with Gasteiger partial charge in [0.25, 0.3) is 0 Å². The third kappa shape index (κ3) is 3.17. The summed E-state index contributed by atoms with van der Waals surface area (Å²) in [7, 11) is 0. The number of hydrogen-bond donors (Lipinski definition) is 1. The average Bonchev–Trinajstić information content (AvgIpc) is 2.41. The normalized spacial score (nSPS) is 11.4. The fourth-order valence-electron chi connectivity index (χ4n) is 1.74. The van der Waals surface area contributed by atoms with Crippen molar-refractivity contribution in [3.05, 3.63) is 59.8 Å². The van der Waals surface area contributed by atoms with Crippen LogP contribution in [0.2, 0.25) is 0 Å². The molecule has 1 N–H and O–H groups in total. The molecule has 4 nitrogen and oxygen atoms in total. The number of anilines is 1. The third-order valence-electron chi connectivity index (χ3n) is 2.66. The van der Waals surface area contributed by atoms with E-state index in [4.69, 9.17) is 5.26 Å². The Bertz CT molecular complexity index is 617. The molecule has 2 aromatic rings. The van der Waals surface area contributed by atoms with Gasteiger partial charge in [0.05, 0.1) is 6.07 Å². The largest absolute Gasteiger partial charge is 0.309 e. The monoisotopic (exact) mass is 251 g/mol. The molecule has 1 unspecified atom stereocenters. The molecule has 4 heteroatoms. The molecule has 1 aromatic heterocycles. The number of aryl methyl sites for hydroxylation is 1. The lowest BCUT2D eigenvalue weighted by atomic mass is 10.00. The standard InChI is InChI=1S/C15H13N3O/c1-11-6-5-9-14(17-11)18-15(19)13(10-16)12-7-3-2-4-8-12/h2-9,13H,1H3,(H,17,18,19). The molecule has 0 radical (unpaired) electrons. The van der Waals surface area contributed by atoms with Crippen LogP contribution in [0.15, 0.2) is 48.5 Å². The highest BCUT2D eigenvalue weighted by Crippen LogP contribution is 2.16. The Kier molecular flexibility index (Phi) is 3.89. The molecule has 0 aliphatic carbocycles. The van der Waals surface area contributed by atoms with Gasteiger partial charge in [-0.2, -0.15) is 5.26 Å². The Hall–Kier alpha value is -2.67. The SMILES string of the molecule is Cc1cccc(NC(=O)C(C#N)c2ccccc2)n1. The number of carbonyl (C=O) groups is 1. The van der Waals surface area contributed by atoms with Crippen LogP contribution in [-0.4, -0.2) is 10.9 Å². The molecule has 1 atom stereocenters. The minimum Gasteiger partial charge on any atom is -0.309 e. The highest BCUT2D eigenvalue weighted by molar-refractivity contribution is 5.97. The summed E-state index contributed by atoms with van der Waals surface area (Å²) in [6.45, 7) is 1.84. The number of rotatable bonds is 3. The van der Waals surface area contributed by atoms with Gasteiger partial charge >= 0.3 is 0 Å². The first-order chi connectivity index (χ1) is 9.20. The van der Waals surface area contributed by atoms with Crippen LogP contribution >= 0.6 is 0 Å². The zero-order chi connectivity index (χ0) is 13.7. The van der Waals surface area contributed by atoms with Crippen molar-refractivity contribution in [2.24, 2.45) is 0 Å². The number of pyridine rings is 1. The number of aromatic nitrogens is 1. The van der Waals surface area contributed by atoms with Crippen LogP contribution < -0.4 is 5.32 Å². The van der Waals surface area contributed by atoms with E-state index in [-0.39, 0.29) is 5.91 Å². The summed E-state index contributed by atoms with van der Waals surface area (Å²) in [6.07, 6.45) is 0. The number of benzene rings is 1. The molecule has 0 aliphatic rings. The molecule has 1 amide bonds. The smallest absolute Gasteiger partial charge is 0.247 e. The lowest BCUT2D eigenvalue weighted by Crippen LogP contribution is -2.20. The van der Waals surface area contributed by atoms with E-state index < -0.39 is 5.92 Å². The molecule has 0 bridgehead atoms. The van der Waals surface area contributed by atoms with Crippen molar-refractivity contribution in [2.75, 3.05) is 5.32 Å². The topological polar surface area (TPSA) is 65.8 Å². The van der Waals surface area contributed by atoms with E-state index in [1.54, 1.807) is 30.3 Å². The summed E-state index contributed by atoms with van der Waals surface area (Å²) >= 11 is 0. The number of carbonyl (C=O) groups excluding carboxylic acids is 1. The van der Waals surface area contributed by atoms with Crippen molar-refractivity contribution in [1.29, 1.82) is 5.26 Å². The van der Waals surface area contributed by atoms with Crippen molar-refractivity contribution < 1.29 is 4.79 Å². The van der Waals surface area contributed by atoms with Gasteiger partial charge < -0.3 is 5.32 Å². The lowest BCUT2D eigenvalue weighted by molar-refractivity contribution is -0.116. The minimum absolute atomic E-state index is 0.369. The second-order valence-electron chi connectivity index (χ2n) is 4.13. The van der Waals surface area contributed by atoms with Gasteiger partial charge in [-0.05, 0) is 24.6 Å². The maximum Gasteiger partial charge on any atom is 0.247 e. The fraction of sp³-hybridized carbons (Fsp3) is 0.133. The van der Waals surface area contributed by atoms with Gasteiger partial charge in [0, 0.05) is 5.69 Å². The Morgan fingerprint density at radius 1 is 1.21 bits per heavy atom. The fourth-order valence-corrected chi connectivity index (χ4v) is 1.74. The van der Waals surface area contributed by atoms with Gasteiger partial charge in [-0.3, -0.25) is 4.79 Å². The molecule has 1 heterocycles. The molecule has 0 spiro atoms. The van der Waals surface area contributed by atoms with Gasteiger partial charge in [-0.15, -0.1) is 0 Å². The van der Waals surface area contributed by atoms with Gasteiger partial charge in [0.2, 0.25) is 5.91 Å². The summed E-state index contributed by atoms with van der Waals surface area (Å²) in [4.78, 5) is 16.3. The summed E-state index contributed by atoms with van der Waals surface area (Å²) in [6, 6.07) is 16.3. The van der Waals surface area contributed by atoms with Crippen LogP contribution in [-0.2, 0) is 4.79 Å². The van der Waals surface area contributed by atoms with Crippen LogP contribution in [0.3, 0.4) is 0 Å². The van der Waals surface area contributed by atoms with E-state index in [0.29, 0.717) is 11.4 Å². The summed E-state index contributed by atoms with van der Waals surface area (Å²) < 4.78 is 0. The number of hydrogen-bond acceptors (Lipinski definition) is 3. The van der Waals surface area contributed by atoms with E-state index in [9.17, 15) is 4.79 Å². The molecule has 19 heavy (non-hydrogen) atoms. The van der Waals surface area contributed by atoms with Crippen LogP contribution in [0.5, 0.6) is 0 Å². The first-order valence-corrected chi connectivity index (χ1v) is 5.90. The predicted octanol–water partition coefficient (Wildman–Crippen LogP) is 2.64. The Morgan fingerprint density at radius 3 is 2.58 bits per heavy atom. The van der Waals surface area contributed by atoms with Crippen molar-refractivity contribution >= 4 is 11.7 Å². The molecular formula is C15H13N3O. The first kappa shape index (κ1) is 12.8. The number of nitrogens with one attached hydrogen (secondary N) is 1. The second kappa shape index (κ2) is 5.78. The maximum atomic E-state index is 12.1. The summed E-state index contributed by atoms with van der Waals surface area (Å²) in [5.41, 5.74) is 1.49. The zero-order valence-electron chi connectivity index (χ0n) is 10.5. The summed E-state index contributed by atoms with van der Waals surface area (Å²) in [5, 5.41) is 11.8. The van der Waals surface area contributed by atoms with E-state index in [1.165, 1.54) is 0 Å². The van der Waals surface area contributed by atoms with Crippen molar-refractivity contribution in [3.8, 4) is 6.07 Å². The zero-order valence-corrected chi connectivity index (χ0v) is 10.5. The molecular weight excluding hydrogens is 238 g/mol. The quantitative estimate of drug-likeness (QED) is 0.911. The molecule has 0 aliphatic heterocycles. The molecule has 94 valence electrons. The lowest BCUT2D eigenvalue weighted by Gasteiger charge is -2.10. The van der Waals surface area contributed by atoms with Crippen LogP contribution in [0.4, 0.5) is 5.82 Å². The minimum atomic E-state index is -0.830. The molecule has 0 saturated heterocycles. The molecule has 1 aromatic carbocycles. The Morgan fingerprint density at radius 2 is 1.95 bits per heavy atom. The van der Waals surface area contributed by atoms with Crippen molar-refractivity contribution in [3.63, 3.8) is 0 Å². The van der Waals surface area contributed by atoms with E-state index in [1.807, 2.05) is 31.2 Å². The van der Waals surface area contributed by atoms with Crippen molar-refractivity contribution in [2.45, 2.75) is 12.8 Å². The highest BCUT2D eigenvalue weighted by atomic mass is 16.1. The first-order valence-electron chi connectivity index (χ1n) is 5.90. The van der Waals surface area contributed by atoms with Gasteiger partial charge in [-0.1, -0.05) is 36.4 Å². The summed E-state index contributed by atoms with van der Waals surface area (Å²) in [5.74, 6) is -0.739. The highest BCUT2D eigenvalue weighted by Gasteiger charge is 2.20. The number of nitrogens with zero attached hydrogens (tertiary/aromatic N) is 2. The van der Waals surface area contributed by atoms with E-state index in [0.717, 1.165) is 5.69 Å². The van der Waals surface area contributed by atoms with E-state index >= 15 is 0 Å². The van der Waals surface area contributed by atoms with Crippen LogP contribution in [0.1, 0.15) is 17.2 Å². The van der Waals surface area contributed by atoms with Gasteiger partial charge in [-0.25, -0.2) is 4.98 Å². The van der Waals surface area contributed by atoms with Crippen LogP contribution in [0, 0.1) is 18.3 Å². The Balaban J connectivity index is 2.17. The number of amides is 1. The average molecular weight is 251 g/mol. The second-order valence-corrected chi connectivity index (χ2v) is 4.13. The number of nitriles is 1. The maximum absolute atomic E-state index is 12.1. The van der Waals surface area contributed by atoms with Crippen molar-refractivity contribution in [1.82, 2.24) is 4.98 Å². The molecule has 0 fully saturated rings. The Labute approximate surface area is 111 Å². The van der Waals surface area contributed by atoms with Gasteiger partial charge in [0.1, 0.15) is 5.82 Å². The molecule has 0 saturated carbocycles.